The van der Waals surface area contributed by atoms with Crippen molar-refractivity contribution >= 4 is 29.7 Å². The minimum Gasteiger partial charge on any atom is -0.480 e. The number of nitrogens with zero attached hydrogens (tertiary/aromatic N) is 1. The number of benzene rings is 2. The summed E-state index contributed by atoms with van der Waals surface area (Å²) in [6.45, 7) is 2.01. The van der Waals surface area contributed by atoms with Gasteiger partial charge in [0.2, 0.25) is 5.91 Å². The van der Waals surface area contributed by atoms with Gasteiger partial charge in [0.25, 0.3) is 0 Å². The molecule has 0 bridgehead atoms. The Kier molecular flexibility index (Phi) is 7.97. The van der Waals surface area contributed by atoms with Crippen molar-refractivity contribution < 1.29 is 29.0 Å². The summed E-state index contributed by atoms with van der Waals surface area (Å²) in [5, 5.41) is 12.0. The van der Waals surface area contributed by atoms with E-state index in [0.29, 0.717) is 12.2 Å². The summed E-state index contributed by atoms with van der Waals surface area (Å²) in [7, 11) is 1.43. The van der Waals surface area contributed by atoms with Gasteiger partial charge >= 0.3 is 12.1 Å². The fraction of sp³-hybridized carbons (Fsp3) is 0.423. The highest BCUT2D eigenvalue weighted by Gasteiger charge is 2.43. The van der Waals surface area contributed by atoms with E-state index in [-0.39, 0.29) is 24.5 Å². The van der Waals surface area contributed by atoms with E-state index in [9.17, 15) is 19.5 Å². The van der Waals surface area contributed by atoms with E-state index in [1.165, 1.54) is 23.8 Å². The Morgan fingerprint density at radius 2 is 1.74 bits per heavy atom. The SMILES string of the molecule is CCCC1SCC(C(=O)O)N1C(=O)[C@H](COC)NC(=O)OCC1c2ccccc2-c2ccccc21. The predicted molar refractivity (Wildman–Crippen MR) is 133 cm³/mol. The zero-order valence-corrected chi connectivity index (χ0v) is 20.6. The van der Waals surface area contributed by atoms with Crippen LogP contribution in [0.5, 0.6) is 0 Å². The van der Waals surface area contributed by atoms with Crippen molar-refractivity contribution in [2.45, 2.75) is 43.1 Å². The maximum Gasteiger partial charge on any atom is 0.407 e. The number of amides is 2. The van der Waals surface area contributed by atoms with E-state index in [1.54, 1.807) is 0 Å². The van der Waals surface area contributed by atoms with Gasteiger partial charge in [-0.25, -0.2) is 9.59 Å². The number of methoxy groups -OCH3 is 1. The van der Waals surface area contributed by atoms with Gasteiger partial charge < -0.3 is 24.8 Å². The van der Waals surface area contributed by atoms with Crippen LogP contribution in [0.15, 0.2) is 48.5 Å². The molecule has 1 heterocycles. The van der Waals surface area contributed by atoms with Gasteiger partial charge in [0.05, 0.1) is 12.0 Å². The molecular weight excluding hydrogens is 468 g/mol. The first-order valence-electron chi connectivity index (χ1n) is 11.7. The third kappa shape index (κ3) is 5.16. The van der Waals surface area contributed by atoms with Crippen molar-refractivity contribution in [3.8, 4) is 11.1 Å². The van der Waals surface area contributed by atoms with Crippen LogP contribution in [0.2, 0.25) is 0 Å². The molecule has 186 valence electrons. The number of nitrogens with one attached hydrogen (secondary N) is 1. The summed E-state index contributed by atoms with van der Waals surface area (Å²) < 4.78 is 10.8. The molecule has 1 saturated heterocycles. The number of thioether (sulfide) groups is 1. The van der Waals surface area contributed by atoms with Crippen LogP contribution in [0.4, 0.5) is 4.79 Å². The van der Waals surface area contributed by atoms with Crippen LogP contribution >= 0.6 is 11.8 Å². The molecule has 2 N–H and O–H groups in total. The van der Waals surface area contributed by atoms with Gasteiger partial charge in [-0.15, -0.1) is 11.8 Å². The van der Waals surface area contributed by atoms with Gasteiger partial charge in [-0.2, -0.15) is 0 Å². The Hall–Kier alpha value is -3.04. The largest absolute Gasteiger partial charge is 0.480 e. The smallest absolute Gasteiger partial charge is 0.407 e. The number of hydrogen-bond acceptors (Lipinski definition) is 6. The lowest BCUT2D eigenvalue weighted by atomic mass is 9.98. The molecule has 9 heteroatoms. The highest BCUT2D eigenvalue weighted by molar-refractivity contribution is 8.00. The third-order valence-corrected chi connectivity index (χ3v) is 7.79. The van der Waals surface area contributed by atoms with Crippen molar-refractivity contribution in [2.24, 2.45) is 0 Å². The molecule has 0 spiro atoms. The van der Waals surface area contributed by atoms with E-state index in [2.05, 4.69) is 17.4 Å². The van der Waals surface area contributed by atoms with Gasteiger partial charge in [-0.3, -0.25) is 4.79 Å². The fourth-order valence-electron chi connectivity index (χ4n) is 4.82. The maximum absolute atomic E-state index is 13.4. The van der Waals surface area contributed by atoms with Gasteiger partial charge in [0, 0.05) is 18.8 Å². The average molecular weight is 499 g/mol. The summed E-state index contributed by atoms with van der Waals surface area (Å²) in [6.07, 6.45) is 0.737. The molecule has 1 aliphatic heterocycles. The molecule has 2 amide bonds. The number of carbonyl (C=O) groups excluding carboxylic acids is 2. The molecule has 2 aromatic rings. The van der Waals surface area contributed by atoms with E-state index in [4.69, 9.17) is 9.47 Å². The monoisotopic (exact) mass is 498 g/mol. The van der Waals surface area contributed by atoms with E-state index < -0.39 is 30.1 Å². The Morgan fingerprint density at radius 3 is 2.31 bits per heavy atom. The number of carbonyl (C=O) groups is 3. The molecule has 2 unspecified atom stereocenters. The summed E-state index contributed by atoms with van der Waals surface area (Å²) in [5.74, 6) is -1.32. The standard InChI is InChI=1S/C26H30N2O6S/c1-3-8-23-28(22(15-35-23)25(30)31)24(29)21(14-33-2)27-26(32)34-13-20-18-11-6-4-9-16(18)17-10-5-7-12-19(17)20/h4-7,9-12,20-23H,3,8,13-15H2,1-2H3,(H,27,32)(H,30,31)/t21-,22?,23?/m0/s1. The van der Waals surface area contributed by atoms with Crippen LogP contribution in [0.3, 0.4) is 0 Å². The highest BCUT2D eigenvalue weighted by Crippen LogP contribution is 2.44. The molecule has 0 radical (unpaired) electrons. The summed E-state index contributed by atoms with van der Waals surface area (Å²) >= 11 is 1.45. The molecular formula is C26H30N2O6S. The Morgan fingerprint density at radius 1 is 1.11 bits per heavy atom. The summed E-state index contributed by atoms with van der Waals surface area (Å²) in [6, 6.07) is 14.1. The first-order valence-corrected chi connectivity index (χ1v) is 12.8. The lowest BCUT2D eigenvalue weighted by molar-refractivity contribution is -0.150. The lowest BCUT2D eigenvalue weighted by Gasteiger charge is -2.31. The van der Waals surface area contributed by atoms with Gasteiger partial charge in [0.15, 0.2) is 0 Å². The molecule has 1 fully saturated rings. The number of fused-ring (bicyclic) bond motifs is 3. The Labute approximate surface area is 209 Å². The number of rotatable bonds is 9. The van der Waals surface area contributed by atoms with Crippen LogP contribution < -0.4 is 5.32 Å². The zero-order valence-electron chi connectivity index (χ0n) is 19.8. The number of carboxylic acid groups (broad SMARTS) is 1. The topological polar surface area (TPSA) is 105 Å². The van der Waals surface area contributed by atoms with E-state index in [1.807, 2.05) is 43.3 Å². The molecule has 8 nitrogen and oxygen atoms in total. The van der Waals surface area contributed by atoms with Crippen LogP contribution in [0.1, 0.15) is 36.8 Å². The molecule has 3 atom stereocenters. The minimum absolute atomic E-state index is 0.0879. The first-order chi connectivity index (χ1) is 17.0. The summed E-state index contributed by atoms with van der Waals surface area (Å²) in [5.41, 5.74) is 4.43. The van der Waals surface area contributed by atoms with Crippen molar-refractivity contribution in [1.82, 2.24) is 10.2 Å². The van der Waals surface area contributed by atoms with Crippen molar-refractivity contribution in [1.29, 1.82) is 0 Å². The van der Waals surface area contributed by atoms with Crippen LogP contribution in [0, 0.1) is 0 Å². The van der Waals surface area contributed by atoms with Crippen LogP contribution in [0.25, 0.3) is 11.1 Å². The second-order valence-electron chi connectivity index (χ2n) is 8.65. The van der Waals surface area contributed by atoms with Crippen molar-refractivity contribution in [3.63, 3.8) is 0 Å². The normalized spacial score (nSPS) is 19.7. The van der Waals surface area contributed by atoms with Crippen molar-refractivity contribution in [2.75, 3.05) is 26.1 Å². The highest BCUT2D eigenvalue weighted by atomic mass is 32.2. The van der Waals surface area contributed by atoms with Gasteiger partial charge in [0.1, 0.15) is 18.7 Å². The Balaban J connectivity index is 1.45. The number of alkyl carbamates (subject to hydrolysis) is 1. The van der Waals surface area contributed by atoms with E-state index >= 15 is 0 Å². The lowest BCUT2D eigenvalue weighted by Crippen LogP contribution is -2.56. The minimum atomic E-state index is -1.05. The maximum atomic E-state index is 13.4. The quantitative estimate of drug-likeness (QED) is 0.543. The average Bonchev–Trinajstić information content (AvgIpc) is 3.42. The molecule has 1 aliphatic carbocycles. The first kappa shape index (κ1) is 25.1. The number of hydrogen-bond donors (Lipinski definition) is 2. The zero-order chi connectivity index (χ0) is 24.9. The number of aliphatic carboxylic acids is 1. The Bertz CT molecular complexity index is 1050. The molecule has 0 aromatic heterocycles. The number of ether oxygens (including phenoxy) is 2. The molecule has 2 aliphatic rings. The predicted octanol–water partition coefficient (Wildman–Crippen LogP) is 3.69. The molecule has 4 rings (SSSR count). The second kappa shape index (κ2) is 11.1. The molecule has 2 aromatic carbocycles. The van der Waals surface area contributed by atoms with E-state index in [0.717, 1.165) is 28.7 Å². The third-order valence-electron chi connectivity index (χ3n) is 6.43. The van der Waals surface area contributed by atoms with Crippen LogP contribution in [-0.2, 0) is 19.1 Å². The fourth-order valence-corrected chi connectivity index (χ4v) is 6.34. The van der Waals surface area contributed by atoms with Gasteiger partial charge in [-0.05, 0) is 28.7 Å². The second-order valence-corrected chi connectivity index (χ2v) is 9.86. The van der Waals surface area contributed by atoms with Crippen molar-refractivity contribution in [3.05, 3.63) is 59.7 Å². The summed E-state index contributed by atoms with van der Waals surface area (Å²) in [4.78, 5) is 39.3. The number of carboxylic acids is 1. The van der Waals surface area contributed by atoms with Gasteiger partial charge in [-0.1, -0.05) is 61.9 Å². The molecule has 35 heavy (non-hydrogen) atoms. The molecule has 0 saturated carbocycles. The van der Waals surface area contributed by atoms with Crippen LogP contribution in [-0.4, -0.2) is 71.5 Å².